The van der Waals surface area contributed by atoms with Crippen molar-refractivity contribution in [3.05, 3.63) is 64.2 Å². The van der Waals surface area contributed by atoms with Crippen LogP contribution in [0.4, 0.5) is 11.4 Å². The van der Waals surface area contributed by atoms with Crippen molar-refractivity contribution in [2.45, 2.75) is 50.9 Å². The second-order valence-corrected chi connectivity index (χ2v) is 9.47. The average molecular weight is 452 g/mol. The molecule has 0 spiro atoms. The largest absolute Gasteiger partial charge is 0.492 e. The quantitative estimate of drug-likeness (QED) is 0.443. The molecule has 2 aromatic carbocycles. The zero-order valence-electron chi connectivity index (χ0n) is 19.3. The van der Waals surface area contributed by atoms with Gasteiger partial charge >= 0.3 is 0 Å². The molecule has 7 nitrogen and oxygen atoms in total. The van der Waals surface area contributed by atoms with Crippen molar-refractivity contribution in [2.24, 2.45) is 5.92 Å². The Kier molecular flexibility index (Phi) is 7.28. The highest BCUT2D eigenvalue weighted by Gasteiger charge is 2.42. The molecule has 1 aliphatic heterocycles. The van der Waals surface area contributed by atoms with Crippen LogP contribution in [0.3, 0.4) is 0 Å². The Balaban J connectivity index is 1.35. The molecule has 0 aromatic heterocycles. The van der Waals surface area contributed by atoms with Crippen LogP contribution in [-0.2, 0) is 10.2 Å². The summed E-state index contributed by atoms with van der Waals surface area (Å²) < 4.78 is 5.91. The Labute approximate surface area is 195 Å². The Morgan fingerprint density at radius 1 is 1.12 bits per heavy atom. The predicted molar refractivity (Wildman–Crippen MR) is 129 cm³/mol. The highest BCUT2D eigenvalue weighted by molar-refractivity contribution is 5.99. The number of amides is 1. The zero-order chi connectivity index (χ0) is 23.3. The number of ether oxygens (including phenoxy) is 1. The van der Waals surface area contributed by atoms with Gasteiger partial charge in [0, 0.05) is 30.9 Å². The Hall–Kier alpha value is -2.93. The van der Waals surface area contributed by atoms with Crippen molar-refractivity contribution in [3.8, 4) is 5.75 Å². The molecule has 4 rings (SSSR count). The van der Waals surface area contributed by atoms with Gasteiger partial charge in [0.15, 0.2) is 0 Å². The van der Waals surface area contributed by atoms with E-state index >= 15 is 0 Å². The number of carbonyl (C=O) groups excluding carboxylic acids is 1. The topological polar surface area (TPSA) is 84.7 Å². The number of rotatable bonds is 8. The summed E-state index contributed by atoms with van der Waals surface area (Å²) in [7, 11) is 0. The van der Waals surface area contributed by atoms with Crippen molar-refractivity contribution >= 4 is 17.3 Å². The SMILES string of the molecule is C[C@@H]1CCCN(CCOc2ccc(NC(=O)C3(c4ccc([N+](=O)[O-])cc4)CCCC3)cc2)C1. The summed E-state index contributed by atoms with van der Waals surface area (Å²) in [6.07, 6.45) is 5.99. The highest BCUT2D eigenvalue weighted by Crippen LogP contribution is 2.42. The second-order valence-electron chi connectivity index (χ2n) is 9.47. The second kappa shape index (κ2) is 10.3. The van der Waals surface area contributed by atoms with Gasteiger partial charge in [0.2, 0.25) is 5.91 Å². The van der Waals surface area contributed by atoms with Crippen LogP contribution in [0, 0.1) is 16.0 Å². The minimum absolute atomic E-state index is 0.0395. The maximum Gasteiger partial charge on any atom is 0.269 e. The number of non-ortho nitro benzene ring substituents is 1. The van der Waals surface area contributed by atoms with Crippen LogP contribution >= 0.6 is 0 Å². The van der Waals surface area contributed by atoms with E-state index in [1.807, 2.05) is 24.3 Å². The lowest BCUT2D eigenvalue weighted by Crippen LogP contribution is -2.38. The van der Waals surface area contributed by atoms with E-state index in [1.54, 1.807) is 12.1 Å². The molecule has 1 atom stereocenters. The van der Waals surface area contributed by atoms with Gasteiger partial charge in [-0.3, -0.25) is 19.8 Å². The van der Waals surface area contributed by atoms with Gasteiger partial charge in [0.25, 0.3) is 5.69 Å². The van der Waals surface area contributed by atoms with E-state index in [2.05, 4.69) is 17.1 Å². The monoisotopic (exact) mass is 451 g/mol. The molecule has 0 unspecified atom stereocenters. The molecule has 1 N–H and O–H groups in total. The summed E-state index contributed by atoms with van der Waals surface area (Å²) in [6, 6.07) is 13.9. The molecule has 176 valence electrons. The molecule has 7 heteroatoms. The number of benzene rings is 2. The van der Waals surface area contributed by atoms with Crippen molar-refractivity contribution < 1.29 is 14.5 Å². The zero-order valence-corrected chi connectivity index (χ0v) is 19.3. The summed E-state index contributed by atoms with van der Waals surface area (Å²) >= 11 is 0. The fourth-order valence-corrected chi connectivity index (χ4v) is 5.20. The lowest BCUT2D eigenvalue weighted by molar-refractivity contribution is -0.384. The van der Waals surface area contributed by atoms with Crippen LogP contribution in [0.25, 0.3) is 0 Å². The van der Waals surface area contributed by atoms with E-state index < -0.39 is 10.3 Å². The maximum absolute atomic E-state index is 13.3. The van der Waals surface area contributed by atoms with E-state index in [0.717, 1.165) is 68.2 Å². The van der Waals surface area contributed by atoms with E-state index in [1.165, 1.54) is 25.0 Å². The number of likely N-dealkylation sites (tertiary alicyclic amines) is 1. The molecule has 0 radical (unpaired) electrons. The number of carbonyl (C=O) groups is 1. The molecule has 33 heavy (non-hydrogen) atoms. The van der Waals surface area contributed by atoms with Gasteiger partial charge in [-0.2, -0.15) is 0 Å². The van der Waals surface area contributed by atoms with Gasteiger partial charge in [0.05, 0.1) is 10.3 Å². The lowest BCUT2D eigenvalue weighted by Gasteiger charge is -2.30. The Morgan fingerprint density at radius 2 is 1.82 bits per heavy atom. The number of hydrogen-bond donors (Lipinski definition) is 1. The summed E-state index contributed by atoms with van der Waals surface area (Å²) in [6.45, 7) is 6.18. The third-order valence-electron chi connectivity index (χ3n) is 7.05. The first-order valence-corrected chi connectivity index (χ1v) is 12.0. The normalized spacial score (nSPS) is 20.3. The molecule has 1 heterocycles. The number of hydrogen-bond acceptors (Lipinski definition) is 5. The van der Waals surface area contributed by atoms with Crippen molar-refractivity contribution in [2.75, 3.05) is 31.6 Å². The van der Waals surface area contributed by atoms with Gasteiger partial charge < -0.3 is 10.1 Å². The van der Waals surface area contributed by atoms with Crippen molar-refractivity contribution in [3.63, 3.8) is 0 Å². The Morgan fingerprint density at radius 3 is 2.45 bits per heavy atom. The van der Waals surface area contributed by atoms with Crippen LogP contribution in [0.2, 0.25) is 0 Å². The highest BCUT2D eigenvalue weighted by atomic mass is 16.6. The number of nitrogens with one attached hydrogen (secondary N) is 1. The number of nitrogens with zero attached hydrogens (tertiary/aromatic N) is 2. The number of nitro groups is 1. The standard InChI is InChI=1S/C26H33N3O4/c1-20-5-4-16-28(19-20)17-18-33-24-12-8-22(9-13-24)27-25(30)26(14-2-3-15-26)21-6-10-23(11-7-21)29(31)32/h6-13,20H,2-5,14-19H2,1H3,(H,27,30)/t20-/m1/s1. The van der Waals surface area contributed by atoms with E-state index in [-0.39, 0.29) is 11.6 Å². The minimum Gasteiger partial charge on any atom is -0.492 e. The molecule has 1 saturated heterocycles. The van der Waals surface area contributed by atoms with Gasteiger partial charge in [-0.15, -0.1) is 0 Å². The molecule has 1 aliphatic carbocycles. The van der Waals surface area contributed by atoms with E-state index in [9.17, 15) is 14.9 Å². The molecule has 2 aliphatic rings. The maximum atomic E-state index is 13.3. The number of piperidine rings is 1. The van der Waals surface area contributed by atoms with Crippen molar-refractivity contribution in [1.29, 1.82) is 0 Å². The van der Waals surface area contributed by atoms with Crippen LogP contribution in [0.15, 0.2) is 48.5 Å². The van der Waals surface area contributed by atoms with Gasteiger partial charge in [0.1, 0.15) is 12.4 Å². The summed E-state index contributed by atoms with van der Waals surface area (Å²) in [5, 5.41) is 14.1. The van der Waals surface area contributed by atoms with Crippen LogP contribution < -0.4 is 10.1 Å². The van der Waals surface area contributed by atoms with Gasteiger partial charge in [-0.25, -0.2) is 0 Å². The minimum atomic E-state index is -0.643. The smallest absolute Gasteiger partial charge is 0.269 e. The molecule has 0 bridgehead atoms. The van der Waals surface area contributed by atoms with Crippen LogP contribution in [-0.4, -0.2) is 42.0 Å². The number of nitro benzene ring substituents is 1. The molecular formula is C26H33N3O4. The summed E-state index contributed by atoms with van der Waals surface area (Å²) in [4.78, 5) is 26.4. The van der Waals surface area contributed by atoms with Gasteiger partial charge in [-0.05, 0) is 68.0 Å². The summed E-state index contributed by atoms with van der Waals surface area (Å²) in [5.74, 6) is 1.50. The fourth-order valence-electron chi connectivity index (χ4n) is 5.20. The first-order valence-electron chi connectivity index (χ1n) is 12.0. The van der Waals surface area contributed by atoms with Crippen LogP contribution in [0.1, 0.15) is 51.0 Å². The Bertz CT molecular complexity index is 953. The molecule has 2 fully saturated rings. The first kappa shape index (κ1) is 23.2. The van der Waals surface area contributed by atoms with Crippen molar-refractivity contribution in [1.82, 2.24) is 4.90 Å². The third-order valence-corrected chi connectivity index (χ3v) is 7.05. The van der Waals surface area contributed by atoms with Gasteiger partial charge in [-0.1, -0.05) is 31.9 Å². The average Bonchev–Trinajstić information content (AvgIpc) is 3.32. The van der Waals surface area contributed by atoms with E-state index in [0.29, 0.717) is 6.61 Å². The predicted octanol–water partition coefficient (Wildman–Crippen LogP) is 5.16. The molecule has 1 amide bonds. The van der Waals surface area contributed by atoms with E-state index in [4.69, 9.17) is 4.74 Å². The first-order chi connectivity index (χ1) is 16.0. The fraction of sp³-hybridized carbons (Fsp3) is 0.500. The lowest BCUT2D eigenvalue weighted by atomic mass is 9.78. The summed E-state index contributed by atoms with van der Waals surface area (Å²) in [5.41, 5.74) is 0.966. The molecule has 2 aromatic rings. The van der Waals surface area contributed by atoms with Crippen LogP contribution in [0.5, 0.6) is 5.75 Å². The molecule has 1 saturated carbocycles. The number of anilines is 1. The third kappa shape index (κ3) is 5.53. The molecular weight excluding hydrogens is 418 g/mol.